The van der Waals surface area contributed by atoms with Crippen LogP contribution < -0.4 is 10.1 Å². The van der Waals surface area contributed by atoms with Crippen molar-refractivity contribution in [1.29, 1.82) is 10.5 Å². The lowest BCUT2D eigenvalue weighted by Crippen LogP contribution is -2.13. The molecule has 9 heteroatoms. The van der Waals surface area contributed by atoms with Gasteiger partial charge >= 0.3 is 0 Å². The molecule has 1 aromatic heterocycles. The van der Waals surface area contributed by atoms with Gasteiger partial charge < -0.3 is 10.1 Å². The molecule has 0 fully saturated rings. The standard InChI is InChI=1S/C30H22N4O4S/c31-16-21(29(35)33-30-26(17-32)24-7-3-4-8-28(24)39-30)15-25-23-6-2-1-5-20(23)11-14-27(25)38-18-19-9-12-22(13-10-19)34(36)37/h1-2,5-6,9-15H,3-4,7-8,18H2,(H,33,35)/b21-15+. The van der Waals surface area contributed by atoms with Crippen LogP contribution in [0.1, 0.15) is 40.0 Å². The maximum atomic E-state index is 13.2. The van der Waals surface area contributed by atoms with Gasteiger partial charge in [-0.25, -0.2) is 0 Å². The molecule has 5 rings (SSSR count). The van der Waals surface area contributed by atoms with E-state index in [1.165, 1.54) is 29.5 Å². The summed E-state index contributed by atoms with van der Waals surface area (Å²) in [6, 6.07) is 21.5. The van der Waals surface area contributed by atoms with E-state index in [0.29, 0.717) is 21.9 Å². The molecule has 1 heterocycles. The number of ether oxygens (including phenoxy) is 1. The van der Waals surface area contributed by atoms with Crippen LogP contribution in [0.15, 0.2) is 66.2 Å². The van der Waals surface area contributed by atoms with Gasteiger partial charge in [-0.2, -0.15) is 10.5 Å². The molecule has 0 unspecified atom stereocenters. The first-order valence-electron chi connectivity index (χ1n) is 12.3. The van der Waals surface area contributed by atoms with Crippen molar-refractivity contribution in [1.82, 2.24) is 0 Å². The van der Waals surface area contributed by atoms with Crippen LogP contribution in [0, 0.1) is 32.8 Å². The molecule has 0 spiro atoms. The van der Waals surface area contributed by atoms with Crippen molar-refractivity contribution in [3.05, 3.63) is 103 Å². The van der Waals surface area contributed by atoms with Crippen LogP contribution in [0.25, 0.3) is 16.8 Å². The van der Waals surface area contributed by atoms with E-state index in [9.17, 15) is 25.4 Å². The molecule has 39 heavy (non-hydrogen) atoms. The minimum Gasteiger partial charge on any atom is -0.488 e. The van der Waals surface area contributed by atoms with Gasteiger partial charge in [0.1, 0.15) is 35.1 Å². The summed E-state index contributed by atoms with van der Waals surface area (Å²) in [5.74, 6) is -0.140. The summed E-state index contributed by atoms with van der Waals surface area (Å²) in [5.41, 5.74) is 2.64. The normalized spacial score (nSPS) is 12.7. The van der Waals surface area contributed by atoms with Crippen molar-refractivity contribution in [2.24, 2.45) is 0 Å². The van der Waals surface area contributed by atoms with Crippen molar-refractivity contribution in [3.8, 4) is 17.9 Å². The molecule has 3 aromatic carbocycles. The summed E-state index contributed by atoms with van der Waals surface area (Å²) in [5, 5.41) is 35.6. The topological polar surface area (TPSA) is 129 Å². The molecule has 8 nitrogen and oxygen atoms in total. The lowest BCUT2D eigenvalue weighted by molar-refractivity contribution is -0.384. The van der Waals surface area contributed by atoms with Crippen LogP contribution in [-0.2, 0) is 24.2 Å². The molecule has 1 amide bonds. The van der Waals surface area contributed by atoms with Crippen LogP contribution in [0.5, 0.6) is 5.75 Å². The maximum Gasteiger partial charge on any atom is 0.269 e. The van der Waals surface area contributed by atoms with Crippen molar-refractivity contribution in [2.45, 2.75) is 32.3 Å². The largest absolute Gasteiger partial charge is 0.488 e. The number of amides is 1. The summed E-state index contributed by atoms with van der Waals surface area (Å²) < 4.78 is 6.07. The molecular weight excluding hydrogens is 512 g/mol. The molecule has 1 aliphatic rings. The number of aryl methyl sites for hydroxylation is 1. The number of carbonyl (C=O) groups excluding carboxylic acids is 1. The maximum absolute atomic E-state index is 13.2. The third-order valence-electron chi connectivity index (χ3n) is 6.64. The molecule has 0 aliphatic heterocycles. The van der Waals surface area contributed by atoms with E-state index in [0.717, 1.165) is 52.5 Å². The van der Waals surface area contributed by atoms with Crippen molar-refractivity contribution in [2.75, 3.05) is 5.32 Å². The van der Waals surface area contributed by atoms with Gasteiger partial charge in [0.2, 0.25) is 0 Å². The second kappa shape index (κ2) is 11.2. The first-order valence-corrected chi connectivity index (χ1v) is 13.2. The van der Waals surface area contributed by atoms with E-state index < -0.39 is 10.8 Å². The summed E-state index contributed by atoms with van der Waals surface area (Å²) in [6.45, 7) is 0.136. The second-order valence-corrected chi connectivity index (χ2v) is 10.2. The highest BCUT2D eigenvalue weighted by Gasteiger charge is 2.23. The number of nitro groups is 1. The van der Waals surface area contributed by atoms with E-state index in [4.69, 9.17) is 4.74 Å². The summed E-state index contributed by atoms with van der Waals surface area (Å²) in [6.07, 6.45) is 5.27. The van der Waals surface area contributed by atoms with Crippen LogP contribution in [0.4, 0.5) is 10.7 Å². The number of nitrogens with one attached hydrogen (secondary N) is 1. The minimum atomic E-state index is -0.596. The Morgan fingerprint density at radius 1 is 1.08 bits per heavy atom. The van der Waals surface area contributed by atoms with Crippen molar-refractivity contribution >= 4 is 44.8 Å². The van der Waals surface area contributed by atoms with E-state index in [-0.39, 0.29) is 17.9 Å². The molecule has 0 saturated heterocycles. The van der Waals surface area contributed by atoms with Gasteiger partial charge in [0.25, 0.3) is 11.6 Å². The number of hydrogen-bond donors (Lipinski definition) is 1. The highest BCUT2D eigenvalue weighted by Crippen LogP contribution is 2.38. The highest BCUT2D eigenvalue weighted by atomic mass is 32.1. The predicted octanol–water partition coefficient (Wildman–Crippen LogP) is 6.68. The van der Waals surface area contributed by atoms with E-state index in [1.54, 1.807) is 18.2 Å². The Balaban J connectivity index is 1.47. The summed E-state index contributed by atoms with van der Waals surface area (Å²) >= 11 is 1.41. The number of thiophene rings is 1. The molecule has 0 radical (unpaired) electrons. The monoisotopic (exact) mass is 534 g/mol. The molecule has 4 aromatic rings. The molecule has 0 saturated carbocycles. The number of nitrogens with zero attached hydrogens (tertiary/aromatic N) is 3. The molecule has 192 valence electrons. The molecule has 0 atom stereocenters. The van der Waals surface area contributed by atoms with Gasteiger partial charge in [0.05, 0.1) is 10.5 Å². The smallest absolute Gasteiger partial charge is 0.269 e. The van der Waals surface area contributed by atoms with E-state index in [2.05, 4.69) is 11.4 Å². The van der Waals surface area contributed by atoms with Gasteiger partial charge in [0.15, 0.2) is 0 Å². The van der Waals surface area contributed by atoms with Crippen molar-refractivity contribution < 1.29 is 14.5 Å². The first kappa shape index (κ1) is 25.7. The number of benzene rings is 3. The van der Waals surface area contributed by atoms with Gasteiger partial charge in [-0.3, -0.25) is 14.9 Å². The minimum absolute atomic E-state index is 0.0103. The molecular formula is C30H22N4O4S. The average molecular weight is 535 g/mol. The third-order valence-corrected chi connectivity index (χ3v) is 7.84. The Labute approximate surface area is 228 Å². The lowest BCUT2D eigenvalue weighted by Gasteiger charge is -2.13. The van der Waals surface area contributed by atoms with E-state index >= 15 is 0 Å². The Hall–Kier alpha value is -4.99. The van der Waals surface area contributed by atoms with Crippen LogP contribution in [0.2, 0.25) is 0 Å². The lowest BCUT2D eigenvalue weighted by atomic mass is 9.96. The van der Waals surface area contributed by atoms with Gasteiger partial charge in [-0.15, -0.1) is 11.3 Å². The Bertz CT molecular complexity index is 1710. The number of fused-ring (bicyclic) bond motifs is 2. The fourth-order valence-corrected chi connectivity index (χ4v) is 5.90. The summed E-state index contributed by atoms with van der Waals surface area (Å²) in [4.78, 5) is 24.8. The fourth-order valence-electron chi connectivity index (χ4n) is 4.66. The number of anilines is 1. The molecule has 1 aliphatic carbocycles. The van der Waals surface area contributed by atoms with Crippen molar-refractivity contribution in [3.63, 3.8) is 0 Å². The Morgan fingerprint density at radius 3 is 2.59 bits per heavy atom. The number of nitriles is 2. The average Bonchev–Trinajstić information content (AvgIpc) is 3.31. The van der Waals surface area contributed by atoms with Crippen LogP contribution >= 0.6 is 11.3 Å². The zero-order valence-corrected chi connectivity index (χ0v) is 21.6. The van der Waals surface area contributed by atoms with Crippen LogP contribution in [-0.4, -0.2) is 10.8 Å². The highest BCUT2D eigenvalue weighted by molar-refractivity contribution is 7.16. The zero-order chi connectivity index (χ0) is 27.4. The number of nitro benzene ring substituents is 1. The van der Waals surface area contributed by atoms with Gasteiger partial charge in [0, 0.05) is 22.6 Å². The zero-order valence-electron chi connectivity index (χ0n) is 20.8. The third kappa shape index (κ3) is 5.35. The number of hydrogen-bond acceptors (Lipinski definition) is 7. The fraction of sp³-hybridized carbons (Fsp3) is 0.167. The molecule has 1 N–H and O–H groups in total. The SMILES string of the molecule is N#C/C(=C\c1c(OCc2ccc([N+](=O)[O-])cc2)ccc2ccccc12)C(=O)Nc1sc2c(c1C#N)CCCC2. The van der Waals surface area contributed by atoms with Gasteiger partial charge in [-0.1, -0.05) is 30.3 Å². The molecule has 0 bridgehead atoms. The quantitative estimate of drug-likeness (QED) is 0.122. The van der Waals surface area contributed by atoms with Crippen LogP contribution in [0.3, 0.4) is 0 Å². The Kier molecular flexibility index (Phi) is 7.35. The second-order valence-electron chi connectivity index (χ2n) is 9.06. The number of non-ortho nitro benzene ring substituents is 1. The van der Waals surface area contributed by atoms with Gasteiger partial charge in [-0.05, 0) is 71.9 Å². The predicted molar refractivity (Wildman–Crippen MR) is 149 cm³/mol. The summed E-state index contributed by atoms with van der Waals surface area (Å²) in [7, 11) is 0. The number of rotatable bonds is 7. The number of carbonyl (C=O) groups is 1. The van der Waals surface area contributed by atoms with E-state index in [1.807, 2.05) is 36.4 Å². The first-order chi connectivity index (χ1) is 19.0. The Morgan fingerprint density at radius 2 is 1.85 bits per heavy atom.